The van der Waals surface area contributed by atoms with Crippen LogP contribution in [0.25, 0.3) is 6.08 Å². The lowest BCUT2D eigenvalue weighted by Crippen LogP contribution is -2.15. The molecule has 32 heavy (non-hydrogen) atoms. The molecule has 0 spiro atoms. The highest BCUT2D eigenvalue weighted by Crippen LogP contribution is 2.12. The van der Waals surface area contributed by atoms with Crippen molar-refractivity contribution in [3.63, 3.8) is 0 Å². The van der Waals surface area contributed by atoms with Crippen molar-refractivity contribution in [3.8, 4) is 0 Å². The van der Waals surface area contributed by atoms with Crippen LogP contribution in [0.3, 0.4) is 0 Å². The number of anilines is 2. The molecule has 2 N–H and O–H groups in total. The second-order valence-electron chi connectivity index (χ2n) is 7.42. The van der Waals surface area contributed by atoms with Gasteiger partial charge in [-0.25, -0.2) is 4.98 Å². The van der Waals surface area contributed by atoms with E-state index in [1.165, 1.54) is 0 Å². The van der Waals surface area contributed by atoms with E-state index in [0.29, 0.717) is 30.9 Å². The van der Waals surface area contributed by atoms with E-state index >= 15 is 0 Å². The number of rotatable bonds is 13. The molecule has 0 bridgehead atoms. The molecule has 0 aliphatic carbocycles. The van der Waals surface area contributed by atoms with E-state index in [-0.39, 0.29) is 37.2 Å². The number of pyridine rings is 1. The lowest BCUT2D eigenvalue weighted by molar-refractivity contribution is -0.145. The maximum absolute atomic E-state index is 12.1. The smallest absolute Gasteiger partial charge is 0.306 e. The van der Waals surface area contributed by atoms with Gasteiger partial charge in [0.05, 0.1) is 0 Å². The number of nitrogens with zero attached hydrogens (tertiary/aromatic N) is 1. The summed E-state index contributed by atoms with van der Waals surface area (Å²) in [6.45, 7) is 5.95. The molecule has 2 amide bonds. The van der Waals surface area contributed by atoms with Crippen molar-refractivity contribution in [2.75, 3.05) is 10.6 Å². The van der Waals surface area contributed by atoms with Crippen molar-refractivity contribution in [1.29, 1.82) is 0 Å². The van der Waals surface area contributed by atoms with Crippen LogP contribution < -0.4 is 10.6 Å². The van der Waals surface area contributed by atoms with Gasteiger partial charge < -0.3 is 15.4 Å². The molecule has 1 aromatic carbocycles. The standard InChI is InChI=1S/C25H31N3O4/c1-3-5-11-23(29)27-21-9-8-10-22(26-21)28-24(30)12-6-7-13-25(31)32-18-20-16-14-19(4-2)15-17-20/h4,8-10,14-17H,2-3,5-7,11-13,18H2,1H3,(H2,26,27,28,29,30). The van der Waals surface area contributed by atoms with Crippen LogP contribution in [0, 0.1) is 0 Å². The molecule has 1 aromatic heterocycles. The van der Waals surface area contributed by atoms with Crippen molar-refractivity contribution in [2.24, 2.45) is 0 Å². The van der Waals surface area contributed by atoms with Crippen LogP contribution in [-0.2, 0) is 25.7 Å². The molecule has 0 unspecified atom stereocenters. The molecule has 0 saturated heterocycles. The van der Waals surface area contributed by atoms with Crippen molar-refractivity contribution in [1.82, 2.24) is 4.98 Å². The highest BCUT2D eigenvalue weighted by Gasteiger charge is 2.08. The Morgan fingerprint density at radius 2 is 1.50 bits per heavy atom. The van der Waals surface area contributed by atoms with Gasteiger partial charge in [0, 0.05) is 19.3 Å². The fraction of sp³-hybridized carbons (Fsp3) is 0.360. The van der Waals surface area contributed by atoms with E-state index in [2.05, 4.69) is 22.2 Å². The lowest BCUT2D eigenvalue weighted by Gasteiger charge is -2.08. The van der Waals surface area contributed by atoms with Crippen LogP contribution in [0.4, 0.5) is 11.6 Å². The predicted octanol–water partition coefficient (Wildman–Crippen LogP) is 5.10. The SMILES string of the molecule is C=Cc1ccc(COC(=O)CCCCC(=O)Nc2cccc(NC(=O)CCCC)n2)cc1. The van der Waals surface area contributed by atoms with E-state index in [4.69, 9.17) is 4.74 Å². The van der Waals surface area contributed by atoms with Gasteiger partial charge in [0.15, 0.2) is 0 Å². The van der Waals surface area contributed by atoms with Crippen LogP contribution in [0.5, 0.6) is 0 Å². The molecule has 0 aliphatic rings. The Morgan fingerprint density at radius 3 is 2.09 bits per heavy atom. The van der Waals surface area contributed by atoms with E-state index in [1.54, 1.807) is 24.3 Å². The normalized spacial score (nSPS) is 10.3. The summed E-state index contributed by atoms with van der Waals surface area (Å²) in [6.07, 6.45) is 5.60. The van der Waals surface area contributed by atoms with Crippen LogP contribution in [-0.4, -0.2) is 22.8 Å². The first-order valence-electron chi connectivity index (χ1n) is 10.9. The van der Waals surface area contributed by atoms with E-state index in [0.717, 1.165) is 24.0 Å². The van der Waals surface area contributed by atoms with Crippen molar-refractivity contribution in [2.45, 2.75) is 58.5 Å². The number of aromatic nitrogens is 1. The quantitative estimate of drug-likeness (QED) is 0.336. The van der Waals surface area contributed by atoms with Gasteiger partial charge in [-0.2, -0.15) is 0 Å². The van der Waals surface area contributed by atoms with Gasteiger partial charge in [-0.05, 0) is 42.5 Å². The average molecular weight is 438 g/mol. The number of carbonyl (C=O) groups is 3. The number of benzene rings is 1. The fourth-order valence-corrected chi connectivity index (χ4v) is 2.86. The number of nitrogens with one attached hydrogen (secondary N) is 2. The summed E-state index contributed by atoms with van der Waals surface area (Å²) in [5, 5.41) is 5.45. The number of ether oxygens (including phenoxy) is 1. The monoisotopic (exact) mass is 437 g/mol. The predicted molar refractivity (Wildman–Crippen MR) is 126 cm³/mol. The Kier molecular flexibility index (Phi) is 10.6. The lowest BCUT2D eigenvalue weighted by atomic mass is 10.1. The van der Waals surface area contributed by atoms with E-state index in [9.17, 15) is 14.4 Å². The molecule has 2 aromatic rings. The number of hydrogen-bond donors (Lipinski definition) is 2. The van der Waals surface area contributed by atoms with Crippen LogP contribution in [0.2, 0.25) is 0 Å². The second-order valence-corrected chi connectivity index (χ2v) is 7.42. The minimum absolute atomic E-state index is 0.0940. The third-order valence-electron chi connectivity index (χ3n) is 4.69. The van der Waals surface area contributed by atoms with Crippen LogP contribution in [0.15, 0.2) is 49.0 Å². The van der Waals surface area contributed by atoms with Crippen LogP contribution >= 0.6 is 0 Å². The number of amides is 2. The molecule has 0 saturated carbocycles. The summed E-state index contributed by atoms with van der Waals surface area (Å²) in [6, 6.07) is 12.7. The molecule has 7 nitrogen and oxygen atoms in total. The first-order chi connectivity index (χ1) is 15.5. The Bertz CT molecular complexity index is 910. The second kappa shape index (κ2) is 13.7. The molecule has 0 aliphatic heterocycles. The largest absolute Gasteiger partial charge is 0.461 e. The van der Waals surface area contributed by atoms with Crippen molar-refractivity contribution >= 4 is 35.5 Å². The fourth-order valence-electron chi connectivity index (χ4n) is 2.86. The van der Waals surface area contributed by atoms with Gasteiger partial charge in [0.25, 0.3) is 0 Å². The minimum Gasteiger partial charge on any atom is -0.461 e. The average Bonchev–Trinajstić information content (AvgIpc) is 2.79. The molecule has 1 heterocycles. The van der Waals surface area contributed by atoms with Gasteiger partial charge in [0.2, 0.25) is 11.8 Å². The van der Waals surface area contributed by atoms with Crippen LogP contribution in [0.1, 0.15) is 63.0 Å². The van der Waals surface area contributed by atoms with Crippen molar-refractivity contribution in [3.05, 3.63) is 60.2 Å². The summed E-state index contributed by atoms with van der Waals surface area (Å²) < 4.78 is 5.26. The summed E-state index contributed by atoms with van der Waals surface area (Å²) in [5.41, 5.74) is 1.93. The summed E-state index contributed by atoms with van der Waals surface area (Å²) in [4.78, 5) is 40.1. The van der Waals surface area contributed by atoms with Gasteiger partial charge in [-0.3, -0.25) is 14.4 Å². The summed E-state index contributed by atoms with van der Waals surface area (Å²) in [5.74, 6) is 0.216. The molecule has 7 heteroatoms. The zero-order valence-electron chi connectivity index (χ0n) is 18.6. The first-order valence-corrected chi connectivity index (χ1v) is 10.9. The van der Waals surface area contributed by atoms with Gasteiger partial charge in [-0.1, -0.05) is 56.3 Å². The maximum Gasteiger partial charge on any atom is 0.306 e. The van der Waals surface area contributed by atoms with E-state index in [1.807, 2.05) is 31.2 Å². The highest BCUT2D eigenvalue weighted by atomic mass is 16.5. The van der Waals surface area contributed by atoms with Crippen molar-refractivity contribution < 1.29 is 19.1 Å². The Balaban J connectivity index is 1.64. The number of unbranched alkanes of at least 4 members (excludes halogenated alkanes) is 2. The first kappa shape index (κ1) is 24.8. The van der Waals surface area contributed by atoms with Gasteiger partial charge in [0.1, 0.15) is 18.2 Å². The maximum atomic E-state index is 12.1. The number of esters is 1. The molecule has 0 atom stereocenters. The minimum atomic E-state index is -0.286. The molecule has 0 radical (unpaired) electrons. The van der Waals surface area contributed by atoms with E-state index < -0.39 is 0 Å². The highest BCUT2D eigenvalue weighted by molar-refractivity contribution is 5.91. The zero-order valence-corrected chi connectivity index (χ0v) is 18.6. The molecule has 170 valence electrons. The Hall–Kier alpha value is -3.48. The topological polar surface area (TPSA) is 97.4 Å². The third kappa shape index (κ3) is 9.55. The van der Waals surface area contributed by atoms with Gasteiger partial charge in [-0.15, -0.1) is 0 Å². The summed E-state index contributed by atoms with van der Waals surface area (Å²) in [7, 11) is 0. The summed E-state index contributed by atoms with van der Waals surface area (Å²) >= 11 is 0. The Labute approximate surface area is 189 Å². The van der Waals surface area contributed by atoms with Gasteiger partial charge >= 0.3 is 5.97 Å². The molecule has 2 rings (SSSR count). The Morgan fingerprint density at radius 1 is 0.906 bits per heavy atom. The molecule has 0 fully saturated rings. The zero-order chi connectivity index (χ0) is 23.2. The number of carbonyl (C=O) groups excluding carboxylic acids is 3. The molecular formula is C25H31N3O4. The third-order valence-corrected chi connectivity index (χ3v) is 4.69. The molecular weight excluding hydrogens is 406 g/mol. The number of hydrogen-bond acceptors (Lipinski definition) is 5.